The lowest BCUT2D eigenvalue weighted by Gasteiger charge is -2.13. The van der Waals surface area contributed by atoms with Gasteiger partial charge in [-0.1, -0.05) is 0 Å². The van der Waals surface area contributed by atoms with Crippen molar-refractivity contribution in [1.29, 1.82) is 0 Å². The molecule has 27 heavy (non-hydrogen) atoms. The fourth-order valence-corrected chi connectivity index (χ4v) is 2.45. The Hall–Kier alpha value is -2.90. The number of aryl methyl sites for hydroxylation is 1. The number of aromatic nitrogens is 3. The van der Waals surface area contributed by atoms with Gasteiger partial charge in [0.05, 0.1) is 18.8 Å². The molecule has 2 N–H and O–H groups in total. The first-order valence-corrected chi connectivity index (χ1v) is 9.11. The lowest BCUT2D eigenvalue weighted by molar-refractivity contribution is 0.240. The Bertz CT molecular complexity index is 792. The van der Waals surface area contributed by atoms with E-state index in [0.29, 0.717) is 30.8 Å². The smallest absolute Gasteiger partial charge is 0.315 e. The Morgan fingerprint density at radius 3 is 2.74 bits per heavy atom. The molecule has 1 fully saturated rings. The van der Waals surface area contributed by atoms with E-state index in [1.54, 1.807) is 6.20 Å². The molecule has 0 bridgehead atoms. The number of carbonyl (C=O) groups excluding carboxylic acids is 1. The molecule has 1 aliphatic carbocycles. The normalized spacial score (nSPS) is 13.1. The van der Waals surface area contributed by atoms with E-state index in [1.165, 1.54) is 12.8 Å². The summed E-state index contributed by atoms with van der Waals surface area (Å²) in [6, 6.07) is 5.33. The Morgan fingerprint density at radius 2 is 2.00 bits per heavy atom. The molecule has 2 heterocycles. The summed E-state index contributed by atoms with van der Waals surface area (Å²) >= 11 is 0. The molecule has 144 valence electrons. The number of pyridine rings is 1. The maximum absolute atomic E-state index is 12.1. The van der Waals surface area contributed by atoms with Crippen molar-refractivity contribution in [1.82, 2.24) is 25.6 Å². The van der Waals surface area contributed by atoms with Crippen molar-refractivity contribution in [3.8, 4) is 5.88 Å². The average molecular weight is 370 g/mol. The maximum Gasteiger partial charge on any atom is 0.315 e. The molecule has 3 rings (SSSR count). The maximum atomic E-state index is 12.1. The SMILES string of the molecule is Cc1cc(CNC(=O)NCc2ccnc(OCC3CC3)c2)nc(N(C)C)n1. The van der Waals surface area contributed by atoms with Crippen molar-refractivity contribution >= 4 is 12.0 Å². The standard InChI is InChI=1S/C19H26N6O2/c1-13-8-16(24-18(23-13)25(2)3)11-22-19(26)21-10-15-6-7-20-17(9-15)27-12-14-4-5-14/h6-9,14H,4-5,10-12H2,1-3H3,(H2,21,22,26). The number of nitrogens with one attached hydrogen (secondary N) is 2. The van der Waals surface area contributed by atoms with Crippen LogP contribution in [0.25, 0.3) is 0 Å². The second kappa shape index (κ2) is 8.66. The van der Waals surface area contributed by atoms with Crippen LogP contribution in [0.3, 0.4) is 0 Å². The molecule has 1 saturated carbocycles. The summed E-state index contributed by atoms with van der Waals surface area (Å²) in [6.45, 7) is 3.37. The first-order valence-electron chi connectivity index (χ1n) is 9.11. The van der Waals surface area contributed by atoms with E-state index in [2.05, 4.69) is 25.6 Å². The Kier molecular flexibility index (Phi) is 6.05. The van der Waals surface area contributed by atoms with Crippen LogP contribution in [0.2, 0.25) is 0 Å². The van der Waals surface area contributed by atoms with Crippen molar-refractivity contribution in [2.75, 3.05) is 25.6 Å². The molecule has 8 heteroatoms. The molecular formula is C19H26N6O2. The molecule has 2 aromatic rings. The van der Waals surface area contributed by atoms with Gasteiger partial charge in [-0.05, 0) is 43.4 Å². The molecule has 0 radical (unpaired) electrons. The van der Waals surface area contributed by atoms with Crippen molar-refractivity contribution in [2.24, 2.45) is 5.92 Å². The van der Waals surface area contributed by atoms with Gasteiger partial charge in [-0.25, -0.2) is 19.7 Å². The van der Waals surface area contributed by atoms with E-state index < -0.39 is 0 Å². The minimum absolute atomic E-state index is 0.255. The highest BCUT2D eigenvalue weighted by atomic mass is 16.5. The van der Waals surface area contributed by atoms with Gasteiger partial charge in [0.2, 0.25) is 11.8 Å². The molecule has 0 aromatic carbocycles. The number of anilines is 1. The van der Waals surface area contributed by atoms with Crippen LogP contribution in [0.1, 0.15) is 29.8 Å². The predicted molar refractivity (Wildman–Crippen MR) is 103 cm³/mol. The summed E-state index contributed by atoms with van der Waals surface area (Å²) in [6.07, 6.45) is 4.18. The van der Waals surface area contributed by atoms with Gasteiger partial charge in [0.15, 0.2) is 0 Å². The third-order valence-corrected chi connectivity index (χ3v) is 4.14. The molecule has 0 saturated heterocycles. The van der Waals surface area contributed by atoms with Gasteiger partial charge in [-0.3, -0.25) is 0 Å². The van der Waals surface area contributed by atoms with Gasteiger partial charge < -0.3 is 20.3 Å². The Balaban J connectivity index is 1.46. The summed E-state index contributed by atoms with van der Waals surface area (Å²) in [5.74, 6) is 1.91. The largest absolute Gasteiger partial charge is 0.477 e. The Morgan fingerprint density at radius 1 is 1.22 bits per heavy atom. The predicted octanol–water partition coefficient (Wildman–Crippen LogP) is 2.03. The van der Waals surface area contributed by atoms with Gasteiger partial charge in [0.1, 0.15) is 0 Å². The molecule has 0 atom stereocenters. The van der Waals surface area contributed by atoms with E-state index in [4.69, 9.17) is 4.74 Å². The first-order chi connectivity index (χ1) is 13.0. The highest BCUT2D eigenvalue weighted by molar-refractivity contribution is 5.73. The van der Waals surface area contributed by atoms with Crippen LogP contribution < -0.4 is 20.3 Å². The van der Waals surface area contributed by atoms with Crippen LogP contribution >= 0.6 is 0 Å². The van der Waals surface area contributed by atoms with E-state index in [9.17, 15) is 4.79 Å². The number of nitrogens with zero attached hydrogens (tertiary/aromatic N) is 4. The number of ether oxygens (including phenoxy) is 1. The van der Waals surface area contributed by atoms with E-state index in [1.807, 2.05) is 44.1 Å². The van der Waals surface area contributed by atoms with Crippen molar-refractivity contribution in [3.63, 3.8) is 0 Å². The van der Waals surface area contributed by atoms with E-state index in [-0.39, 0.29) is 6.03 Å². The number of urea groups is 1. The summed E-state index contributed by atoms with van der Waals surface area (Å²) in [7, 11) is 3.77. The number of amides is 2. The molecule has 2 aromatic heterocycles. The second-order valence-electron chi connectivity index (χ2n) is 6.99. The van der Waals surface area contributed by atoms with E-state index >= 15 is 0 Å². The fourth-order valence-electron chi connectivity index (χ4n) is 2.45. The molecule has 0 unspecified atom stereocenters. The van der Waals surface area contributed by atoms with Gasteiger partial charge >= 0.3 is 6.03 Å². The molecule has 1 aliphatic rings. The summed E-state index contributed by atoms with van der Waals surface area (Å²) < 4.78 is 5.67. The molecular weight excluding hydrogens is 344 g/mol. The summed E-state index contributed by atoms with van der Waals surface area (Å²) in [4.78, 5) is 26.9. The number of carbonyl (C=O) groups is 1. The van der Waals surface area contributed by atoms with Crippen LogP contribution in [0.4, 0.5) is 10.7 Å². The van der Waals surface area contributed by atoms with Crippen LogP contribution in [-0.2, 0) is 13.1 Å². The lowest BCUT2D eigenvalue weighted by Crippen LogP contribution is -2.35. The number of hydrogen-bond donors (Lipinski definition) is 2. The van der Waals surface area contributed by atoms with Crippen LogP contribution in [-0.4, -0.2) is 41.7 Å². The lowest BCUT2D eigenvalue weighted by atomic mass is 10.2. The number of hydrogen-bond acceptors (Lipinski definition) is 6. The summed E-state index contributed by atoms with van der Waals surface area (Å²) in [5, 5.41) is 5.66. The van der Waals surface area contributed by atoms with Gasteiger partial charge in [-0.2, -0.15) is 0 Å². The van der Waals surface area contributed by atoms with Crippen LogP contribution in [0.5, 0.6) is 5.88 Å². The first kappa shape index (κ1) is 18.9. The zero-order valence-electron chi connectivity index (χ0n) is 16.0. The fraction of sp³-hybridized carbons (Fsp3) is 0.474. The Labute approximate surface area is 159 Å². The van der Waals surface area contributed by atoms with E-state index in [0.717, 1.165) is 23.6 Å². The van der Waals surface area contributed by atoms with Gasteiger partial charge in [0.25, 0.3) is 0 Å². The third-order valence-electron chi connectivity index (χ3n) is 4.14. The van der Waals surface area contributed by atoms with Crippen molar-refractivity contribution < 1.29 is 9.53 Å². The molecule has 8 nitrogen and oxygen atoms in total. The molecule has 0 aliphatic heterocycles. The molecule has 2 amide bonds. The number of rotatable bonds is 8. The molecule has 0 spiro atoms. The van der Waals surface area contributed by atoms with Crippen molar-refractivity contribution in [2.45, 2.75) is 32.9 Å². The third kappa shape index (κ3) is 6.09. The highest BCUT2D eigenvalue weighted by Crippen LogP contribution is 2.29. The highest BCUT2D eigenvalue weighted by Gasteiger charge is 2.22. The van der Waals surface area contributed by atoms with Gasteiger partial charge in [-0.15, -0.1) is 0 Å². The van der Waals surface area contributed by atoms with Crippen LogP contribution in [0.15, 0.2) is 24.4 Å². The monoisotopic (exact) mass is 370 g/mol. The van der Waals surface area contributed by atoms with Gasteiger partial charge in [0, 0.05) is 38.6 Å². The zero-order valence-corrected chi connectivity index (χ0v) is 16.0. The quantitative estimate of drug-likeness (QED) is 0.739. The topological polar surface area (TPSA) is 92.3 Å². The van der Waals surface area contributed by atoms with Crippen LogP contribution in [0, 0.1) is 12.8 Å². The second-order valence-corrected chi connectivity index (χ2v) is 6.99. The minimum Gasteiger partial charge on any atom is -0.477 e. The average Bonchev–Trinajstić information content (AvgIpc) is 3.47. The summed E-state index contributed by atoms with van der Waals surface area (Å²) in [5.41, 5.74) is 2.57. The minimum atomic E-state index is -0.255. The zero-order chi connectivity index (χ0) is 19.2. The van der Waals surface area contributed by atoms with Crippen molar-refractivity contribution in [3.05, 3.63) is 41.3 Å².